The molecule has 2 aliphatic heterocycles. The van der Waals surface area contributed by atoms with Crippen LogP contribution in [0.25, 0.3) is 57.7 Å². The van der Waals surface area contributed by atoms with E-state index in [1.807, 2.05) is 60.7 Å². The van der Waals surface area contributed by atoms with Gasteiger partial charge in [0.05, 0.1) is 0 Å². The van der Waals surface area contributed by atoms with E-state index in [0.717, 1.165) is 10.8 Å². The number of nitrogens with zero attached hydrogens (tertiary/aromatic N) is 6. The molecule has 1 aromatic carbocycles. The molecule has 3 aromatic heterocycles. The number of hydrogen-bond acceptors (Lipinski definition) is 14. The normalized spacial score (nSPS) is 13.5. The first-order chi connectivity index (χ1) is 20.8. The average Bonchev–Trinajstić information content (AvgIpc) is 3.66. The van der Waals surface area contributed by atoms with Crippen LogP contribution < -0.4 is 0 Å². The molecule has 234 valence electrons. The summed E-state index contributed by atoms with van der Waals surface area (Å²) in [7, 11) is -34.5. The molecule has 0 radical (unpaired) electrons. The zero-order valence-corrected chi connectivity index (χ0v) is 28.1. The van der Waals surface area contributed by atoms with Crippen LogP contribution in [0.2, 0.25) is 0 Å². The molecule has 0 atom stereocenters. The Morgan fingerprint density at radius 2 is 0.800 bits per heavy atom. The van der Waals surface area contributed by atoms with Gasteiger partial charge in [-0.15, -0.1) is 0 Å². The molecule has 0 saturated heterocycles. The van der Waals surface area contributed by atoms with Crippen molar-refractivity contribution in [3.8, 4) is 0 Å². The third-order valence-corrected chi connectivity index (χ3v) is 88.1. The van der Waals surface area contributed by atoms with Crippen molar-refractivity contribution >= 4 is 90.1 Å². The maximum atomic E-state index is 10.6. The van der Waals surface area contributed by atoms with E-state index < -0.39 is 42.3 Å². The van der Waals surface area contributed by atoms with Crippen molar-refractivity contribution in [1.29, 1.82) is 0 Å². The predicted octanol–water partition coefficient (Wildman–Crippen LogP) is 0.740. The van der Waals surface area contributed by atoms with Crippen molar-refractivity contribution in [3.63, 3.8) is 0 Å². The summed E-state index contributed by atoms with van der Waals surface area (Å²) in [5.74, 6) is 2.31. The molecule has 6 N–H and O–H groups in total. The van der Waals surface area contributed by atoms with Gasteiger partial charge in [-0.25, -0.2) is 29.9 Å². The van der Waals surface area contributed by atoms with Crippen LogP contribution in [0.3, 0.4) is 0 Å². The molecule has 5 heterocycles. The Labute approximate surface area is 250 Å². The van der Waals surface area contributed by atoms with Crippen LogP contribution in [0.4, 0.5) is 0 Å². The van der Waals surface area contributed by atoms with Gasteiger partial charge >= 0.3 is 94.2 Å². The molecule has 0 spiro atoms. The number of rotatable bonds is 4. The first-order valence-electron chi connectivity index (χ1n) is 12.0. The summed E-state index contributed by atoms with van der Waals surface area (Å²) >= 11 is 0. The van der Waals surface area contributed by atoms with Crippen molar-refractivity contribution in [1.82, 2.24) is 39.9 Å². The number of hydrogen-bond donors (Lipinski definition) is 6. The summed E-state index contributed by atoms with van der Waals surface area (Å²) in [6, 6.07) is 11.7. The van der Waals surface area contributed by atoms with Crippen LogP contribution in [0, 0.1) is 0 Å². The second kappa shape index (κ2) is 11.1. The van der Waals surface area contributed by atoms with Gasteiger partial charge in [0.15, 0.2) is 23.3 Å². The Kier molecular flexibility index (Phi) is 8.04. The van der Waals surface area contributed by atoms with E-state index in [4.69, 9.17) is 18.2 Å². The van der Waals surface area contributed by atoms with E-state index in [9.17, 15) is 33.7 Å². The number of benzene rings is 1. The fraction of sp³-hybridized carbons (Fsp3) is 0. The maximum absolute atomic E-state index is 10.6. The Bertz CT molecular complexity index is 2320. The van der Waals surface area contributed by atoms with Gasteiger partial charge in [0.2, 0.25) is 0 Å². The molecule has 2 aliphatic rings. The van der Waals surface area contributed by atoms with Crippen LogP contribution in [-0.4, -0.2) is 91.8 Å². The molecule has 45 heavy (non-hydrogen) atoms. The summed E-state index contributed by atoms with van der Waals surface area (Å²) in [4.78, 5) is 33.7. The summed E-state index contributed by atoms with van der Waals surface area (Å²) in [5.41, 5.74) is 2.73. The van der Waals surface area contributed by atoms with Crippen LogP contribution in [0.1, 0.15) is 23.3 Å². The molecular formula is C20H16N8O12S4Zn. The van der Waals surface area contributed by atoms with Gasteiger partial charge in [0.25, 0.3) is 0 Å². The van der Waals surface area contributed by atoms with Gasteiger partial charge in [-0.2, -0.15) is 0 Å². The molecule has 0 saturated carbocycles. The fourth-order valence-corrected chi connectivity index (χ4v) is 56.0. The van der Waals surface area contributed by atoms with Crippen molar-refractivity contribution in [2.24, 2.45) is 0 Å². The second-order valence-electron chi connectivity index (χ2n) is 9.40. The molecule has 20 nitrogen and oxygen atoms in total. The average molecular weight is 754 g/mol. The fourth-order valence-electron chi connectivity index (χ4n) is 4.36. The molecular weight excluding hydrogens is 738 g/mol. The first-order valence-corrected chi connectivity index (χ1v) is 32.9. The molecule has 4 aromatic rings. The molecule has 25 heteroatoms. The summed E-state index contributed by atoms with van der Waals surface area (Å²) in [6.07, 6.45) is 7.33. The van der Waals surface area contributed by atoms with Crippen molar-refractivity contribution in [3.05, 3.63) is 59.7 Å². The Morgan fingerprint density at radius 1 is 0.467 bits per heavy atom. The van der Waals surface area contributed by atoms with E-state index in [-0.39, 0.29) is 0 Å². The van der Waals surface area contributed by atoms with Gasteiger partial charge in [-0.1, -0.05) is 24.3 Å². The molecule has 0 fully saturated rings. The van der Waals surface area contributed by atoms with Gasteiger partial charge in [0, 0.05) is 10.8 Å². The monoisotopic (exact) mass is 752 g/mol. The minimum atomic E-state index is -8.56. The van der Waals surface area contributed by atoms with Crippen molar-refractivity contribution < 1.29 is 61.8 Å². The van der Waals surface area contributed by atoms with E-state index in [1.165, 1.54) is 0 Å². The van der Waals surface area contributed by atoms with Crippen LogP contribution in [-0.2, 0) is 42.3 Å². The predicted molar refractivity (Wildman–Crippen MR) is 154 cm³/mol. The first kappa shape index (κ1) is 32.5. The van der Waals surface area contributed by atoms with E-state index in [0.29, 0.717) is 45.9 Å². The Hall–Kier alpha value is -3.94. The van der Waals surface area contributed by atoms with Crippen molar-refractivity contribution in [2.75, 3.05) is 0 Å². The van der Waals surface area contributed by atoms with Crippen LogP contribution in [0.15, 0.2) is 36.4 Å². The van der Waals surface area contributed by atoms with Gasteiger partial charge in [-0.3, -0.25) is 0 Å². The number of nitrogens with one attached hydrogen (secondary N) is 2. The zero-order chi connectivity index (χ0) is 33.0. The molecule has 6 rings (SSSR count). The van der Waals surface area contributed by atoms with E-state index >= 15 is 0 Å². The number of aromatic nitrogens is 8. The standard InChI is InChI=1S/C20H12N8.4HO3S.Zn/c1-2-4-12-11(3-1)19-26-17-9-7-15(24-17)22-13-5-6-14(21-13)23-16-8-10-18(25-16)27-20(12)28-19;4*1-4(2)3;/h1-10H,(H2,21,22,23,24,25,26,27,28);4*(H,1,2,3);. The minimum absolute atomic E-state index is 0.578. The summed E-state index contributed by atoms with van der Waals surface area (Å²) < 4.78 is 119. The number of aromatic amines is 2. The molecule has 0 aliphatic carbocycles. The zero-order valence-electron chi connectivity index (χ0n) is 21.9. The van der Waals surface area contributed by atoms with E-state index in [1.54, 1.807) is 0 Å². The van der Waals surface area contributed by atoms with Gasteiger partial charge < -0.3 is 9.97 Å². The molecule has 0 amide bonds. The van der Waals surface area contributed by atoms with E-state index in [2.05, 4.69) is 39.9 Å². The third-order valence-electron chi connectivity index (χ3n) is 6.26. The SMILES string of the molecule is C1=Cc2nc1nc1ccc(nc3nc(nc4[nH]c(n2)c2ccccc42)C=C3)[nH]1.O=[S](=O)(O)[Zn]([S](=O)(=O)O)([S](=O)(=O)O)[S](=O)(=O)O. The Morgan fingerprint density at radius 3 is 1.11 bits per heavy atom. The number of fused-ring (bicyclic) bond motifs is 11. The van der Waals surface area contributed by atoms with Gasteiger partial charge in [-0.05, 0) is 36.4 Å². The summed E-state index contributed by atoms with van der Waals surface area (Å²) in [5, 5.41) is 1.94. The topological polar surface area (TPSA) is 326 Å². The van der Waals surface area contributed by atoms with Gasteiger partial charge in [0.1, 0.15) is 22.6 Å². The second-order valence-corrected chi connectivity index (χ2v) is 64.8. The van der Waals surface area contributed by atoms with Crippen molar-refractivity contribution in [2.45, 2.75) is 0 Å². The number of H-pyrrole nitrogens is 2. The molecule has 8 bridgehead atoms. The third kappa shape index (κ3) is 6.04. The quantitative estimate of drug-likeness (QED) is 0.107. The Balaban J connectivity index is 0.000000205. The molecule has 0 unspecified atom stereocenters. The van der Waals surface area contributed by atoms with Crippen LogP contribution >= 0.6 is 0 Å². The van der Waals surface area contributed by atoms with Crippen LogP contribution in [0.5, 0.6) is 0 Å². The summed E-state index contributed by atoms with van der Waals surface area (Å²) in [6.45, 7) is 0.